The predicted octanol–water partition coefficient (Wildman–Crippen LogP) is 4.14. The van der Waals surface area contributed by atoms with E-state index in [0.29, 0.717) is 11.4 Å². The highest BCUT2D eigenvalue weighted by atomic mass is 32.1. The van der Waals surface area contributed by atoms with Crippen LogP contribution < -0.4 is 11.1 Å². The van der Waals surface area contributed by atoms with Crippen LogP contribution in [0.1, 0.15) is 36.7 Å². The third-order valence-corrected chi connectivity index (χ3v) is 5.25. The molecule has 26 heavy (non-hydrogen) atoms. The molecule has 4 nitrogen and oxygen atoms in total. The van der Waals surface area contributed by atoms with Gasteiger partial charge in [-0.15, -0.1) is 11.3 Å². The van der Waals surface area contributed by atoms with Crippen LogP contribution in [-0.2, 0) is 6.42 Å². The molecule has 132 valence electrons. The zero-order valence-corrected chi connectivity index (χ0v) is 14.9. The highest BCUT2D eigenvalue weighted by Gasteiger charge is 2.22. The number of amides is 2. The molecule has 0 fully saturated rings. The van der Waals surface area contributed by atoms with Crippen LogP contribution in [0.3, 0.4) is 0 Å². The zero-order chi connectivity index (χ0) is 18.7. The summed E-state index contributed by atoms with van der Waals surface area (Å²) in [6.07, 6.45) is 0.618. The molecule has 0 saturated carbocycles. The minimum Gasteiger partial charge on any atom is -0.365 e. The maximum absolute atomic E-state index is 13.8. The van der Waals surface area contributed by atoms with E-state index in [1.807, 2.05) is 30.3 Å². The molecule has 1 heterocycles. The van der Waals surface area contributed by atoms with E-state index in [4.69, 9.17) is 5.73 Å². The van der Waals surface area contributed by atoms with E-state index in [9.17, 15) is 14.0 Å². The van der Waals surface area contributed by atoms with Crippen molar-refractivity contribution in [3.8, 4) is 0 Å². The molecule has 0 atom stereocenters. The highest BCUT2D eigenvalue weighted by molar-refractivity contribution is 7.17. The molecular weight excluding hydrogens is 351 g/mol. The number of hydrogen-bond acceptors (Lipinski definition) is 3. The number of thiophene rings is 1. The van der Waals surface area contributed by atoms with Crippen molar-refractivity contribution >= 4 is 28.2 Å². The number of anilines is 1. The van der Waals surface area contributed by atoms with Crippen molar-refractivity contribution in [1.29, 1.82) is 0 Å². The van der Waals surface area contributed by atoms with E-state index in [0.717, 1.165) is 16.0 Å². The Kier molecular flexibility index (Phi) is 5.14. The van der Waals surface area contributed by atoms with Gasteiger partial charge in [0.2, 0.25) is 0 Å². The highest BCUT2D eigenvalue weighted by Crippen LogP contribution is 2.34. The summed E-state index contributed by atoms with van der Waals surface area (Å²) in [6.45, 7) is 1.80. The Morgan fingerprint density at radius 3 is 2.38 bits per heavy atom. The monoisotopic (exact) mass is 368 g/mol. The molecule has 2 aromatic carbocycles. The van der Waals surface area contributed by atoms with Gasteiger partial charge >= 0.3 is 0 Å². The second-order valence-corrected chi connectivity index (χ2v) is 6.92. The molecule has 0 aliphatic heterocycles. The zero-order valence-electron chi connectivity index (χ0n) is 14.1. The Balaban J connectivity index is 1.94. The molecule has 0 radical (unpaired) electrons. The van der Waals surface area contributed by atoms with Gasteiger partial charge in [0.1, 0.15) is 10.8 Å². The van der Waals surface area contributed by atoms with Crippen molar-refractivity contribution in [3.63, 3.8) is 0 Å². The van der Waals surface area contributed by atoms with Gasteiger partial charge in [-0.2, -0.15) is 0 Å². The standard InChI is InChI=1S/C20H17FN2O2S/c1-12-16(11-13-7-3-2-4-8-13)26-20(17(12)18(22)24)23-19(25)14-9-5-6-10-15(14)21/h2-10H,11H2,1H3,(H2,22,24)(H,23,25). The molecule has 3 N–H and O–H groups in total. The number of benzene rings is 2. The molecule has 1 aromatic heterocycles. The summed E-state index contributed by atoms with van der Waals surface area (Å²) >= 11 is 1.28. The number of primary amides is 1. The Morgan fingerprint density at radius 1 is 1.08 bits per heavy atom. The quantitative estimate of drug-likeness (QED) is 0.710. The second kappa shape index (κ2) is 7.49. The molecule has 3 aromatic rings. The molecule has 0 aliphatic carbocycles. The number of rotatable bonds is 5. The fourth-order valence-electron chi connectivity index (χ4n) is 2.71. The van der Waals surface area contributed by atoms with Crippen molar-refractivity contribution in [1.82, 2.24) is 0 Å². The normalized spacial score (nSPS) is 10.5. The van der Waals surface area contributed by atoms with Gasteiger partial charge in [0.25, 0.3) is 11.8 Å². The summed E-state index contributed by atoms with van der Waals surface area (Å²) in [5.74, 6) is -1.86. The van der Waals surface area contributed by atoms with Crippen LogP contribution in [0.25, 0.3) is 0 Å². The lowest BCUT2D eigenvalue weighted by Gasteiger charge is -2.05. The van der Waals surface area contributed by atoms with E-state index in [1.54, 1.807) is 13.0 Å². The van der Waals surface area contributed by atoms with Crippen molar-refractivity contribution in [2.75, 3.05) is 5.32 Å². The van der Waals surface area contributed by atoms with Crippen LogP contribution in [-0.4, -0.2) is 11.8 Å². The molecule has 0 unspecified atom stereocenters. The lowest BCUT2D eigenvalue weighted by Crippen LogP contribution is -2.18. The number of nitrogens with two attached hydrogens (primary N) is 1. The molecule has 2 amide bonds. The lowest BCUT2D eigenvalue weighted by atomic mass is 10.1. The number of nitrogens with one attached hydrogen (secondary N) is 1. The molecule has 0 spiro atoms. The van der Waals surface area contributed by atoms with Gasteiger partial charge in [-0.3, -0.25) is 9.59 Å². The van der Waals surface area contributed by atoms with Gasteiger partial charge < -0.3 is 11.1 Å². The van der Waals surface area contributed by atoms with Crippen molar-refractivity contribution < 1.29 is 14.0 Å². The van der Waals surface area contributed by atoms with Crippen molar-refractivity contribution in [2.24, 2.45) is 5.73 Å². The minimum atomic E-state index is -0.623. The molecule has 0 bridgehead atoms. The number of carbonyl (C=O) groups is 2. The first kappa shape index (κ1) is 17.8. The van der Waals surface area contributed by atoms with E-state index in [-0.39, 0.29) is 11.1 Å². The summed E-state index contributed by atoms with van der Waals surface area (Å²) in [6, 6.07) is 15.5. The van der Waals surface area contributed by atoms with E-state index in [2.05, 4.69) is 5.32 Å². The van der Waals surface area contributed by atoms with Crippen LogP contribution in [0.5, 0.6) is 0 Å². The molecular formula is C20H17FN2O2S. The first-order valence-corrected chi connectivity index (χ1v) is 8.81. The van der Waals surface area contributed by atoms with Crippen molar-refractivity contribution in [2.45, 2.75) is 13.3 Å². The fourth-order valence-corrected chi connectivity index (χ4v) is 3.95. The topological polar surface area (TPSA) is 72.2 Å². The van der Waals surface area contributed by atoms with E-state index in [1.165, 1.54) is 29.5 Å². The summed E-state index contributed by atoms with van der Waals surface area (Å²) in [5.41, 5.74) is 7.51. The average Bonchev–Trinajstić information content (AvgIpc) is 2.91. The predicted molar refractivity (Wildman–Crippen MR) is 101 cm³/mol. The summed E-state index contributed by atoms with van der Waals surface area (Å²) in [7, 11) is 0. The summed E-state index contributed by atoms with van der Waals surface area (Å²) < 4.78 is 13.8. The van der Waals surface area contributed by atoms with Crippen LogP contribution >= 0.6 is 11.3 Å². The second-order valence-electron chi connectivity index (χ2n) is 5.81. The minimum absolute atomic E-state index is 0.0846. The van der Waals surface area contributed by atoms with Gasteiger partial charge in [0.15, 0.2) is 0 Å². The maximum Gasteiger partial charge on any atom is 0.259 e. The van der Waals surface area contributed by atoms with Gasteiger partial charge in [-0.25, -0.2) is 4.39 Å². The van der Waals surface area contributed by atoms with Gasteiger partial charge in [-0.1, -0.05) is 42.5 Å². The van der Waals surface area contributed by atoms with Gasteiger partial charge in [0, 0.05) is 11.3 Å². The largest absolute Gasteiger partial charge is 0.365 e. The van der Waals surface area contributed by atoms with E-state index >= 15 is 0 Å². The smallest absolute Gasteiger partial charge is 0.259 e. The van der Waals surface area contributed by atoms with Gasteiger partial charge in [-0.05, 0) is 30.2 Å². The Hall–Kier alpha value is -2.99. The first-order chi connectivity index (χ1) is 12.5. The van der Waals surface area contributed by atoms with Crippen LogP contribution in [0, 0.1) is 12.7 Å². The number of carbonyl (C=O) groups excluding carboxylic acids is 2. The first-order valence-electron chi connectivity index (χ1n) is 7.99. The number of hydrogen-bond donors (Lipinski definition) is 2. The fraction of sp³-hybridized carbons (Fsp3) is 0.100. The van der Waals surface area contributed by atoms with Crippen LogP contribution in [0.15, 0.2) is 54.6 Å². The van der Waals surface area contributed by atoms with Crippen molar-refractivity contribution in [3.05, 3.63) is 87.5 Å². The van der Waals surface area contributed by atoms with Gasteiger partial charge in [0.05, 0.1) is 11.1 Å². The lowest BCUT2D eigenvalue weighted by molar-refractivity contribution is 0.100. The summed E-state index contributed by atoms with van der Waals surface area (Å²) in [4.78, 5) is 25.2. The average molecular weight is 368 g/mol. The number of halogens is 1. The molecule has 3 rings (SSSR count). The third kappa shape index (κ3) is 3.65. The molecule has 6 heteroatoms. The Labute approximate surface area is 154 Å². The molecule has 0 aliphatic rings. The Morgan fingerprint density at radius 2 is 1.73 bits per heavy atom. The molecule has 0 saturated heterocycles. The third-order valence-electron chi connectivity index (χ3n) is 4.05. The van der Waals surface area contributed by atoms with Crippen LogP contribution in [0.2, 0.25) is 0 Å². The SMILES string of the molecule is Cc1c(Cc2ccccc2)sc(NC(=O)c2ccccc2F)c1C(N)=O. The summed E-state index contributed by atoms with van der Waals surface area (Å²) in [5, 5.41) is 2.98. The maximum atomic E-state index is 13.8. The van der Waals surface area contributed by atoms with Crippen LogP contribution in [0.4, 0.5) is 9.39 Å². The van der Waals surface area contributed by atoms with E-state index < -0.39 is 17.6 Å². The Bertz CT molecular complexity index is 967.